The fourth-order valence-corrected chi connectivity index (χ4v) is 5.21. The van der Waals surface area contributed by atoms with E-state index >= 15 is 0 Å². The van der Waals surface area contributed by atoms with Gasteiger partial charge in [-0.05, 0) is 43.4 Å². The lowest BCUT2D eigenvalue weighted by atomic mass is 9.97. The van der Waals surface area contributed by atoms with Crippen LogP contribution in [0, 0.1) is 5.92 Å². The van der Waals surface area contributed by atoms with Gasteiger partial charge in [0.2, 0.25) is 5.91 Å². The van der Waals surface area contributed by atoms with Crippen LogP contribution in [0.25, 0.3) is 10.9 Å². The van der Waals surface area contributed by atoms with Crippen LogP contribution in [-0.2, 0) is 4.79 Å². The summed E-state index contributed by atoms with van der Waals surface area (Å²) in [4.78, 5) is 30.2. The van der Waals surface area contributed by atoms with Crippen molar-refractivity contribution in [3.63, 3.8) is 0 Å². The molecule has 1 amide bonds. The molecular formula is C23H32N6O. The number of rotatable bonds is 4. The molecule has 3 aliphatic rings. The van der Waals surface area contributed by atoms with E-state index in [1.807, 2.05) is 11.9 Å². The maximum absolute atomic E-state index is 11.7. The van der Waals surface area contributed by atoms with Gasteiger partial charge in [0.15, 0.2) is 0 Å². The van der Waals surface area contributed by atoms with Gasteiger partial charge in [-0.15, -0.1) is 0 Å². The molecule has 3 saturated heterocycles. The van der Waals surface area contributed by atoms with Gasteiger partial charge >= 0.3 is 0 Å². The molecule has 7 nitrogen and oxygen atoms in total. The zero-order valence-corrected chi connectivity index (χ0v) is 18.0. The number of benzene rings is 1. The number of piperidine rings is 1. The van der Waals surface area contributed by atoms with Crippen LogP contribution < -0.4 is 9.80 Å². The number of carbonyl (C=O) groups is 1. The number of nitrogens with zero attached hydrogens (tertiary/aromatic N) is 6. The number of hydrogen-bond donors (Lipinski definition) is 0. The number of hydrogen-bond acceptors (Lipinski definition) is 6. The first-order chi connectivity index (χ1) is 14.7. The number of piperazine rings is 1. The van der Waals surface area contributed by atoms with Crippen molar-refractivity contribution >= 4 is 28.3 Å². The molecule has 3 aliphatic heterocycles. The number of fused-ring (bicyclic) bond motifs is 1. The molecular weight excluding hydrogens is 376 g/mol. The molecule has 1 atom stereocenters. The lowest BCUT2D eigenvalue weighted by Gasteiger charge is -2.39. The van der Waals surface area contributed by atoms with Gasteiger partial charge in [-0.2, -0.15) is 0 Å². The molecule has 2 aromatic rings. The number of likely N-dealkylation sites (tertiary alicyclic amines) is 1. The average Bonchev–Trinajstić information content (AvgIpc) is 3.31. The van der Waals surface area contributed by atoms with Gasteiger partial charge in [0.25, 0.3) is 0 Å². The molecule has 3 fully saturated rings. The summed E-state index contributed by atoms with van der Waals surface area (Å²) in [6, 6.07) is 6.65. The predicted octanol–water partition coefficient (Wildman–Crippen LogP) is 2.22. The van der Waals surface area contributed by atoms with E-state index in [2.05, 4.69) is 42.9 Å². The van der Waals surface area contributed by atoms with Crippen LogP contribution >= 0.6 is 0 Å². The molecule has 0 aliphatic carbocycles. The van der Waals surface area contributed by atoms with E-state index in [-0.39, 0.29) is 0 Å². The van der Waals surface area contributed by atoms with E-state index in [0.717, 1.165) is 70.1 Å². The van der Waals surface area contributed by atoms with Crippen molar-refractivity contribution in [1.82, 2.24) is 19.8 Å². The van der Waals surface area contributed by atoms with Crippen LogP contribution in [0.1, 0.15) is 25.7 Å². The Labute approximate surface area is 178 Å². The van der Waals surface area contributed by atoms with Gasteiger partial charge in [-0.1, -0.05) is 0 Å². The minimum absolute atomic E-state index is 0.296. The zero-order chi connectivity index (χ0) is 20.5. The van der Waals surface area contributed by atoms with Crippen LogP contribution in [0.15, 0.2) is 24.5 Å². The van der Waals surface area contributed by atoms with Crippen molar-refractivity contribution in [3.05, 3.63) is 24.5 Å². The smallest absolute Gasteiger partial charge is 0.222 e. The first kappa shape index (κ1) is 19.5. The maximum atomic E-state index is 11.7. The standard InChI is InChI=1S/C23H32N6O/c1-26-15-18(4-7-22(26)30)16-27-10-12-28(13-11-27)19-5-6-21-20(14-19)23(25-17-24-21)29-8-2-3-9-29/h5-6,14,17-18H,2-4,7-13,15-16H2,1H3. The molecule has 0 saturated carbocycles. The Morgan fingerprint density at radius 1 is 1.00 bits per heavy atom. The molecule has 4 heterocycles. The Bertz CT molecular complexity index is 904. The summed E-state index contributed by atoms with van der Waals surface area (Å²) in [5.74, 6) is 2.00. The molecule has 0 radical (unpaired) electrons. The van der Waals surface area contributed by atoms with Crippen LogP contribution in [-0.4, -0.2) is 85.1 Å². The molecule has 7 heteroatoms. The third-order valence-electron chi connectivity index (χ3n) is 6.98. The minimum atomic E-state index is 0.296. The number of aromatic nitrogens is 2. The SMILES string of the molecule is CN1CC(CN2CCN(c3ccc4ncnc(N5CCCC5)c4c3)CC2)CCC1=O. The Morgan fingerprint density at radius 2 is 1.80 bits per heavy atom. The predicted molar refractivity (Wildman–Crippen MR) is 120 cm³/mol. The number of anilines is 2. The van der Waals surface area contributed by atoms with E-state index in [4.69, 9.17) is 0 Å². The Kier molecular flexibility index (Phi) is 5.46. The summed E-state index contributed by atoms with van der Waals surface area (Å²) in [6.45, 7) is 8.44. The van der Waals surface area contributed by atoms with E-state index in [1.54, 1.807) is 6.33 Å². The van der Waals surface area contributed by atoms with Gasteiger partial charge in [0.05, 0.1) is 5.52 Å². The lowest BCUT2D eigenvalue weighted by Crippen LogP contribution is -2.49. The third kappa shape index (κ3) is 3.95. The Balaban J connectivity index is 1.25. The zero-order valence-electron chi connectivity index (χ0n) is 18.0. The highest BCUT2D eigenvalue weighted by Gasteiger charge is 2.26. The van der Waals surface area contributed by atoms with Crippen molar-refractivity contribution in [1.29, 1.82) is 0 Å². The normalized spacial score (nSPS) is 23.6. The summed E-state index contributed by atoms with van der Waals surface area (Å²) in [7, 11) is 1.94. The van der Waals surface area contributed by atoms with Crippen molar-refractivity contribution in [3.8, 4) is 0 Å². The fourth-order valence-electron chi connectivity index (χ4n) is 5.21. The molecule has 0 bridgehead atoms. The topological polar surface area (TPSA) is 55.8 Å². The van der Waals surface area contributed by atoms with E-state index in [9.17, 15) is 4.79 Å². The highest BCUT2D eigenvalue weighted by atomic mass is 16.2. The van der Waals surface area contributed by atoms with Gasteiger partial charge < -0.3 is 14.7 Å². The second-order valence-corrected chi connectivity index (χ2v) is 9.06. The van der Waals surface area contributed by atoms with Crippen molar-refractivity contribution in [2.75, 3.05) is 69.2 Å². The monoisotopic (exact) mass is 408 g/mol. The molecule has 1 aromatic heterocycles. The highest BCUT2D eigenvalue weighted by Crippen LogP contribution is 2.30. The largest absolute Gasteiger partial charge is 0.369 e. The van der Waals surface area contributed by atoms with Gasteiger partial charge in [-0.3, -0.25) is 9.69 Å². The maximum Gasteiger partial charge on any atom is 0.222 e. The van der Waals surface area contributed by atoms with Gasteiger partial charge in [0, 0.05) is 76.9 Å². The van der Waals surface area contributed by atoms with Crippen molar-refractivity contribution < 1.29 is 4.79 Å². The number of carbonyl (C=O) groups excluding carboxylic acids is 1. The van der Waals surface area contributed by atoms with Crippen LogP contribution in [0.4, 0.5) is 11.5 Å². The highest BCUT2D eigenvalue weighted by molar-refractivity contribution is 5.92. The molecule has 5 rings (SSSR count). The molecule has 1 unspecified atom stereocenters. The van der Waals surface area contributed by atoms with E-state index < -0.39 is 0 Å². The molecule has 0 N–H and O–H groups in total. The summed E-state index contributed by atoms with van der Waals surface area (Å²) < 4.78 is 0. The molecule has 30 heavy (non-hydrogen) atoms. The van der Waals surface area contributed by atoms with Gasteiger partial charge in [0.1, 0.15) is 12.1 Å². The molecule has 1 aromatic carbocycles. The fraction of sp³-hybridized carbons (Fsp3) is 0.609. The molecule has 0 spiro atoms. The first-order valence-electron chi connectivity index (χ1n) is 11.4. The number of amides is 1. The van der Waals surface area contributed by atoms with Crippen LogP contribution in [0.2, 0.25) is 0 Å². The minimum Gasteiger partial charge on any atom is -0.369 e. The summed E-state index contributed by atoms with van der Waals surface area (Å²) >= 11 is 0. The first-order valence-corrected chi connectivity index (χ1v) is 11.4. The second-order valence-electron chi connectivity index (χ2n) is 9.06. The van der Waals surface area contributed by atoms with E-state index in [0.29, 0.717) is 18.2 Å². The third-order valence-corrected chi connectivity index (χ3v) is 6.98. The average molecular weight is 409 g/mol. The lowest BCUT2D eigenvalue weighted by molar-refractivity contribution is -0.133. The molecule has 160 valence electrons. The van der Waals surface area contributed by atoms with Crippen molar-refractivity contribution in [2.45, 2.75) is 25.7 Å². The van der Waals surface area contributed by atoms with Crippen molar-refractivity contribution in [2.24, 2.45) is 5.92 Å². The van der Waals surface area contributed by atoms with Gasteiger partial charge in [-0.25, -0.2) is 9.97 Å². The Hall–Kier alpha value is -2.41. The van der Waals surface area contributed by atoms with Crippen LogP contribution in [0.5, 0.6) is 0 Å². The summed E-state index contributed by atoms with van der Waals surface area (Å²) in [6.07, 6.45) is 5.94. The van der Waals surface area contributed by atoms with E-state index in [1.165, 1.54) is 23.9 Å². The Morgan fingerprint density at radius 3 is 2.57 bits per heavy atom. The second kappa shape index (κ2) is 8.38. The summed E-state index contributed by atoms with van der Waals surface area (Å²) in [5, 5.41) is 1.18. The quantitative estimate of drug-likeness (QED) is 0.773. The van der Waals surface area contributed by atoms with Crippen LogP contribution in [0.3, 0.4) is 0 Å². The summed E-state index contributed by atoms with van der Waals surface area (Å²) in [5.41, 5.74) is 2.31.